The summed E-state index contributed by atoms with van der Waals surface area (Å²) in [5.41, 5.74) is 0.946. The highest BCUT2D eigenvalue weighted by Crippen LogP contribution is 2.30. The summed E-state index contributed by atoms with van der Waals surface area (Å²) in [5.74, 6) is 2.62. The Labute approximate surface area is 114 Å². The predicted molar refractivity (Wildman–Crippen MR) is 76.0 cm³/mol. The first-order valence-electron chi connectivity index (χ1n) is 6.91. The molecule has 1 aliphatic carbocycles. The number of halogens is 1. The average molecular weight is 268 g/mol. The van der Waals surface area contributed by atoms with Crippen molar-refractivity contribution in [3.63, 3.8) is 0 Å². The zero-order valence-electron chi connectivity index (χ0n) is 11.2. The molecule has 1 N–H and O–H groups in total. The monoisotopic (exact) mass is 267 g/mol. The molecule has 18 heavy (non-hydrogen) atoms. The molecule has 0 saturated heterocycles. The third kappa shape index (κ3) is 3.35. The van der Waals surface area contributed by atoms with Crippen LogP contribution in [0.4, 0.5) is 5.82 Å². The molecule has 0 atom stereocenters. The predicted octanol–water partition coefficient (Wildman–Crippen LogP) is 4.07. The largest absolute Gasteiger partial charge is 0.369 e. The van der Waals surface area contributed by atoms with Crippen LogP contribution in [0.3, 0.4) is 0 Å². The normalized spacial score (nSPS) is 23.9. The summed E-state index contributed by atoms with van der Waals surface area (Å²) < 4.78 is 0. The van der Waals surface area contributed by atoms with Crippen LogP contribution in [0.15, 0.2) is 6.33 Å². The molecule has 1 aliphatic rings. The van der Waals surface area contributed by atoms with Crippen molar-refractivity contribution in [3.8, 4) is 0 Å². The van der Waals surface area contributed by atoms with Gasteiger partial charge in [0.15, 0.2) is 0 Å². The second-order valence-electron chi connectivity index (χ2n) is 5.31. The van der Waals surface area contributed by atoms with Crippen LogP contribution in [0, 0.1) is 18.8 Å². The molecule has 1 saturated carbocycles. The van der Waals surface area contributed by atoms with Crippen molar-refractivity contribution in [1.82, 2.24) is 9.97 Å². The van der Waals surface area contributed by atoms with Crippen molar-refractivity contribution in [2.75, 3.05) is 11.9 Å². The van der Waals surface area contributed by atoms with Crippen molar-refractivity contribution in [1.29, 1.82) is 0 Å². The molecule has 0 bridgehead atoms. The first-order valence-corrected chi connectivity index (χ1v) is 7.29. The summed E-state index contributed by atoms with van der Waals surface area (Å²) >= 11 is 5.98. The third-order valence-corrected chi connectivity index (χ3v) is 4.51. The van der Waals surface area contributed by atoms with E-state index in [4.69, 9.17) is 11.6 Å². The van der Waals surface area contributed by atoms with E-state index < -0.39 is 0 Å². The van der Waals surface area contributed by atoms with Gasteiger partial charge < -0.3 is 5.32 Å². The summed E-state index contributed by atoms with van der Waals surface area (Å²) in [6.07, 6.45) is 8.29. The Bertz CT molecular complexity index is 387. The highest BCUT2D eigenvalue weighted by molar-refractivity contribution is 6.30. The van der Waals surface area contributed by atoms with Crippen LogP contribution < -0.4 is 5.32 Å². The summed E-state index contributed by atoms with van der Waals surface area (Å²) in [6, 6.07) is 0. The first-order chi connectivity index (χ1) is 8.70. The van der Waals surface area contributed by atoms with Crippen molar-refractivity contribution in [2.24, 2.45) is 11.8 Å². The molecular formula is C14H22ClN3. The second kappa shape index (κ2) is 6.37. The van der Waals surface area contributed by atoms with Gasteiger partial charge in [-0.15, -0.1) is 0 Å². The Hall–Kier alpha value is -0.830. The molecule has 0 aliphatic heterocycles. The molecule has 1 aromatic heterocycles. The number of hydrogen-bond donors (Lipinski definition) is 1. The molecule has 0 radical (unpaired) electrons. The third-order valence-electron chi connectivity index (χ3n) is 4.12. The Morgan fingerprint density at radius 3 is 2.56 bits per heavy atom. The van der Waals surface area contributed by atoms with Crippen molar-refractivity contribution < 1.29 is 0 Å². The Balaban J connectivity index is 1.83. The molecule has 0 unspecified atom stereocenters. The van der Waals surface area contributed by atoms with Gasteiger partial charge in [0.2, 0.25) is 0 Å². The highest BCUT2D eigenvalue weighted by Gasteiger charge is 2.20. The Morgan fingerprint density at radius 1 is 1.22 bits per heavy atom. The van der Waals surface area contributed by atoms with Crippen LogP contribution in [0.2, 0.25) is 5.15 Å². The fourth-order valence-corrected chi connectivity index (χ4v) is 2.82. The van der Waals surface area contributed by atoms with Crippen molar-refractivity contribution in [2.45, 2.75) is 46.0 Å². The average Bonchev–Trinajstić information content (AvgIpc) is 2.41. The highest BCUT2D eigenvalue weighted by atomic mass is 35.5. The number of nitrogens with one attached hydrogen (secondary N) is 1. The molecule has 100 valence electrons. The molecule has 0 spiro atoms. The van der Waals surface area contributed by atoms with E-state index in [0.717, 1.165) is 29.8 Å². The zero-order chi connectivity index (χ0) is 13.0. The van der Waals surface area contributed by atoms with Gasteiger partial charge >= 0.3 is 0 Å². The van der Waals surface area contributed by atoms with Crippen LogP contribution in [-0.2, 0) is 0 Å². The lowest BCUT2D eigenvalue weighted by molar-refractivity contribution is 0.278. The van der Waals surface area contributed by atoms with E-state index in [1.165, 1.54) is 38.4 Å². The van der Waals surface area contributed by atoms with E-state index in [1.54, 1.807) is 0 Å². The smallest absolute Gasteiger partial charge is 0.137 e. The molecule has 2 rings (SSSR count). The molecule has 0 aromatic carbocycles. The molecule has 4 heteroatoms. The maximum atomic E-state index is 5.98. The van der Waals surface area contributed by atoms with Crippen LogP contribution in [0.5, 0.6) is 0 Å². The molecule has 1 fully saturated rings. The standard InChI is InChI=1S/C14H22ClN3/c1-3-11-4-6-12(7-5-11)8-16-14-10(2)13(15)17-9-18-14/h9,11-12H,3-8H2,1-2H3,(H,16,17,18). The van der Waals surface area contributed by atoms with Gasteiger partial charge in [-0.3, -0.25) is 0 Å². The fourth-order valence-electron chi connectivity index (χ4n) is 2.69. The van der Waals surface area contributed by atoms with Gasteiger partial charge in [0.1, 0.15) is 17.3 Å². The summed E-state index contributed by atoms with van der Waals surface area (Å²) in [6.45, 7) is 5.26. The van der Waals surface area contributed by atoms with Crippen molar-refractivity contribution >= 4 is 17.4 Å². The van der Waals surface area contributed by atoms with Gasteiger partial charge in [0.05, 0.1) is 0 Å². The van der Waals surface area contributed by atoms with Gasteiger partial charge in [0.25, 0.3) is 0 Å². The molecule has 1 aromatic rings. The number of rotatable bonds is 4. The number of anilines is 1. The molecule has 1 heterocycles. The maximum absolute atomic E-state index is 5.98. The lowest BCUT2D eigenvalue weighted by atomic mass is 9.81. The lowest BCUT2D eigenvalue weighted by Gasteiger charge is -2.28. The van der Waals surface area contributed by atoms with Gasteiger partial charge in [-0.2, -0.15) is 0 Å². The van der Waals surface area contributed by atoms with Crippen LogP contribution in [0.1, 0.15) is 44.6 Å². The fraction of sp³-hybridized carbons (Fsp3) is 0.714. The number of hydrogen-bond acceptors (Lipinski definition) is 3. The van der Waals surface area contributed by atoms with Crippen LogP contribution >= 0.6 is 11.6 Å². The van der Waals surface area contributed by atoms with Gasteiger partial charge in [0, 0.05) is 12.1 Å². The lowest BCUT2D eigenvalue weighted by Crippen LogP contribution is -2.21. The van der Waals surface area contributed by atoms with Crippen LogP contribution in [0.25, 0.3) is 0 Å². The first kappa shape index (κ1) is 13.6. The van der Waals surface area contributed by atoms with E-state index in [-0.39, 0.29) is 0 Å². The Morgan fingerprint density at radius 2 is 1.89 bits per heavy atom. The minimum Gasteiger partial charge on any atom is -0.369 e. The van der Waals surface area contributed by atoms with E-state index >= 15 is 0 Å². The van der Waals surface area contributed by atoms with E-state index in [0.29, 0.717) is 5.15 Å². The SMILES string of the molecule is CCC1CCC(CNc2ncnc(Cl)c2C)CC1. The van der Waals surface area contributed by atoms with Crippen LogP contribution in [-0.4, -0.2) is 16.5 Å². The zero-order valence-corrected chi connectivity index (χ0v) is 12.0. The molecule has 3 nitrogen and oxygen atoms in total. The van der Waals surface area contributed by atoms with E-state index in [9.17, 15) is 0 Å². The van der Waals surface area contributed by atoms with E-state index in [2.05, 4.69) is 22.2 Å². The maximum Gasteiger partial charge on any atom is 0.137 e. The molecular weight excluding hydrogens is 246 g/mol. The number of nitrogens with zero attached hydrogens (tertiary/aromatic N) is 2. The topological polar surface area (TPSA) is 37.8 Å². The minimum atomic E-state index is 0.544. The number of aromatic nitrogens is 2. The van der Waals surface area contributed by atoms with Gasteiger partial charge in [-0.1, -0.05) is 37.8 Å². The second-order valence-corrected chi connectivity index (χ2v) is 5.67. The van der Waals surface area contributed by atoms with Gasteiger partial charge in [-0.05, 0) is 31.6 Å². The summed E-state index contributed by atoms with van der Waals surface area (Å²) in [5, 5.41) is 3.96. The molecule has 0 amide bonds. The quantitative estimate of drug-likeness (QED) is 0.836. The summed E-state index contributed by atoms with van der Waals surface area (Å²) in [4.78, 5) is 8.22. The minimum absolute atomic E-state index is 0.544. The summed E-state index contributed by atoms with van der Waals surface area (Å²) in [7, 11) is 0. The van der Waals surface area contributed by atoms with E-state index in [1.807, 2.05) is 6.92 Å². The van der Waals surface area contributed by atoms with Crippen molar-refractivity contribution in [3.05, 3.63) is 17.0 Å². The Kier molecular flexibility index (Phi) is 4.81. The van der Waals surface area contributed by atoms with Gasteiger partial charge in [-0.25, -0.2) is 9.97 Å².